The molecule has 1 aromatic heterocycles. The highest BCUT2D eigenvalue weighted by molar-refractivity contribution is 6.30. The maximum atomic E-state index is 13.9. The molecule has 1 saturated carbocycles. The molecule has 11 heteroatoms. The van der Waals surface area contributed by atoms with Crippen LogP contribution in [0.2, 0.25) is 5.02 Å². The number of hydrogen-bond donors (Lipinski definition) is 2. The van der Waals surface area contributed by atoms with E-state index >= 15 is 0 Å². The zero-order valence-electron chi connectivity index (χ0n) is 21.3. The van der Waals surface area contributed by atoms with Gasteiger partial charge in [0.1, 0.15) is 5.82 Å². The van der Waals surface area contributed by atoms with Gasteiger partial charge in [0.25, 0.3) is 5.91 Å². The highest BCUT2D eigenvalue weighted by Crippen LogP contribution is 2.42. The summed E-state index contributed by atoms with van der Waals surface area (Å²) in [6.45, 7) is 2.92. The van der Waals surface area contributed by atoms with Crippen molar-refractivity contribution in [2.75, 3.05) is 6.54 Å². The molecule has 0 radical (unpaired) electrons. The van der Waals surface area contributed by atoms with Crippen molar-refractivity contribution in [1.29, 1.82) is 5.41 Å². The van der Waals surface area contributed by atoms with E-state index in [0.29, 0.717) is 36.5 Å². The number of amides is 1. The first kappa shape index (κ1) is 27.2. The minimum atomic E-state index is -4.68. The SMILES string of the molecule is CCn1cc(-c2cc(CN3CCCC3=N)cc(C(=O)N[C@H](c3ccc(F)c(Cl)c3)C3CC3)c2)c(C(F)(F)F)n1. The first-order chi connectivity index (χ1) is 18.5. The van der Waals surface area contributed by atoms with Crippen molar-refractivity contribution in [3.8, 4) is 11.1 Å². The predicted octanol–water partition coefficient (Wildman–Crippen LogP) is 6.84. The minimum absolute atomic E-state index is 0.0441. The fourth-order valence-corrected chi connectivity index (χ4v) is 5.22. The second-order valence-corrected chi connectivity index (χ2v) is 10.5. The Bertz CT molecular complexity index is 1420. The monoisotopic (exact) mass is 561 g/mol. The number of halogens is 5. The lowest BCUT2D eigenvalue weighted by Gasteiger charge is -2.21. The van der Waals surface area contributed by atoms with Crippen LogP contribution in [0.25, 0.3) is 11.1 Å². The van der Waals surface area contributed by atoms with Crippen LogP contribution in [0.1, 0.15) is 65.8 Å². The Morgan fingerprint density at radius 1 is 1.23 bits per heavy atom. The van der Waals surface area contributed by atoms with Gasteiger partial charge < -0.3 is 10.2 Å². The average molecular weight is 562 g/mol. The van der Waals surface area contributed by atoms with Crippen molar-refractivity contribution in [2.45, 2.75) is 57.9 Å². The molecule has 2 aliphatic rings. The number of carbonyl (C=O) groups is 1. The third-order valence-electron chi connectivity index (χ3n) is 7.20. The van der Waals surface area contributed by atoms with Gasteiger partial charge in [-0.15, -0.1) is 0 Å². The molecule has 3 aromatic rings. The zero-order valence-corrected chi connectivity index (χ0v) is 22.0. The molecule has 2 fully saturated rings. The van der Waals surface area contributed by atoms with Gasteiger partial charge in [-0.05, 0) is 79.1 Å². The van der Waals surface area contributed by atoms with Gasteiger partial charge in [0.15, 0.2) is 5.69 Å². The molecule has 5 rings (SSSR count). The number of benzene rings is 2. The van der Waals surface area contributed by atoms with Crippen LogP contribution in [0.15, 0.2) is 42.6 Å². The second-order valence-electron chi connectivity index (χ2n) is 10.1. The molecular formula is C28H28ClF4N5O. The summed E-state index contributed by atoms with van der Waals surface area (Å²) >= 11 is 5.99. The third-order valence-corrected chi connectivity index (χ3v) is 7.49. The fraction of sp³-hybridized carbons (Fsp3) is 0.393. The summed E-state index contributed by atoms with van der Waals surface area (Å²) < 4.78 is 56.7. The first-order valence-electron chi connectivity index (χ1n) is 12.9. The van der Waals surface area contributed by atoms with Crippen molar-refractivity contribution in [3.05, 3.63) is 75.8 Å². The molecule has 1 aliphatic heterocycles. The molecule has 1 amide bonds. The fourth-order valence-electron chi connectivity index (χ4n) is 5.03. The first-order valence-corrected chi connectivity index (χ1v) is 13.3. The summed E-state index contributed by atoms with van der Waals surface area (Å²) in [7, 11) is 0. The number of carbonyl (C=O) groups excluding carboxylic acids is 1. The molecule has 39 heavy (non-hydrogen) atoms. The summed E-state index contributed by atoms with van der Waals surface area (Å²) in [5, 5.41) is 14.9. The molecule has 6 nitrogen and oxygen atoms in total. The molecule has 0 unspecified atom stereocenters. The van der Waals surface area contributed by atoms with Gasteiger partial charge in [-0.2, -0.15) is 18.3 Å². The predicted molar refractivity (Wildman–Crippen MR) is 140 cm³/mol. The number of hydrogen-bond acceptors (Lipinski definition) is 3. The van der Waals surface area contributed by atoms with E-state index in [2.05, 4.69) is 10.4 Å². The molecule has 2 N–H and O–H groups in total. The van der Waals surface area contributed by atoms with Crippen molar-refractivity contribution in [3.63, 3.8) is 0 Å². The van der Waals surface area contributed by atoms with Gasteiger partial charge in [0.05, 0.1) is 16.9 Å². The lowest BCUT2D eigenvalue weighted by atomic mass is 9.97. The Kier molecular flexibility index (Phi) is 7.41. The summed E-state index contributed by atoms with van der Waals surface area (Å²) in [5.41, 5.74) is 0.587. The van der Waals surface area contributed by atoms with Gasteiger partial charge >= 0.3 is 6.18 Å². The van der Waals surface area contributed by atoms with Gasteiger partial charge in [-0.3, -0.25) is 14.9 Å². The van der Waals surface area contributed by atoms with Crippen molar-refractivity contribution in [2.24, 2.45) is 5.92 Å². The summed E-state index contributed by atoms with van der Waals surface area (Å²) in [6, 6.07) is 8.66. The topological polar surface area (TPSA) is 74.0 Å². The number of aromatic nitrogens is 2. The Labute approximate surface area is 228 Å². The molecular weight excluding hydrogens is 534 g/mol. The van der Waals surface area contributed by atoms with Gasteiger partial charge in [-0.1, -0.05) is 17.7 Å². The third kappa shape index (κ3) is 5.95. The lowest BCUT2D eigenvalue weighted by Crippen LogP contribution is -2.30. The summed E-state index contributed by atoms with van der Waals surface area (Å²) in [5.74, 6) is -0.395. The number of alkyl halides is 3. The number of amidine groups is 1. The standard InChI is InChI=1S/C28H28ClF4N5O/c1-2-38-15-21(26(36-38)28(31,32)33)19-10-16(14-37-9-3-4-24(37)34)11-20(12-19)27(39)35-25(17-5-6-17)18-7-8-23(30)22(29)13-18/h7-8,10-13,15,17,25,34H,2-6,9,14H2,1H3,(H,35,39)/t25-/m0/s1. The van der Waals surface area contributed by atoms with Crippen LogP contribution in [-0.4, -0.2) is 33.0 Å². The van der Waals surface area contributed by atoms with Crippen molar-refractivity contribution >= 4 is 23.3 Å². The minimum Gasteiger partial charge on any atom is -0.356 e. The van der Waals surface area contributed by atoms with Crippen LogP contribution >= 0.6 is 11.6 Å². The Morgan fingerprint density at radius 3 is 2.62 bits per heavy atom. The van der Waals surface area contributed by atoms with E-state index in [9.17, 15) is 22.4 Å². The van der Waals surface area contributed by atoms with Crippen LogP contribution < -0.4 is 5.32 Å². The van der Waals surface area contributed by atoms with E-state index in [1.165, 1.54) is 29.1 Å². The Hall–Kier alpha value is -3.40. The average Bonchev–Trinajstić information content (AvgIpc) is 3.50. The van der Waals surface area contributed by atoms with E-state index in [4.69, 9.17) is 17.0 Å². The van der Waals surface area contributed by atoms with E-state index in [1.807, 2.05) is 4.90 Å². The summed E-state index contributed by atoms with van der Waals surface area (Å²) in [6.07, 6.45) is -0.103. The molecule has 0 bridgehead atoms. The quantitative estimate of drug-likeness (QED) is 0.296. The van der Waals surface area contributed by atoms with Crippen LogP contribution in [-0.2, 0) is 19.3 Å². The molecule has 1 saturated heterocycles. The van der Waals surface area contributed by atoms with E-state index in [0.717, 1.165) is 19.3 Å². The smallest absolute Gasteiger partial charge is 0.356 e. The van der Waals surface area contributed by atoms with E-state index < -0.39 is 29.6 Å². The van der Waals surface area contributed by atoms with Crippen LogP contribution in [0.4, 0.5) is 17.6 Å². The van der Waals surface area contributed by atoms with E-state index in [1.54, 1.807) is 25.1 Å². The number of rotatable bonds is 8. The van der Waals surface area contributed by atoms with Crippen LogP contribution in [0, 0.1) is 17.1 Å². The molecule has 2 aromatic carbocycles. The second kappa shape index (κ2) is 10.6. The molecule has 206 valence electrons. The molecule has 1 aliphatic carbocycles. The molecule has 2 heterocycles. The maximum absolute atomic E-state index is 13.9. The maximum Gasteiger partial charge on any atom is 0.435 e. The molecule has 0 spiro atoms. The van der Waals surface area contributed by atoms with Crippen LogP contribution in [0.3, 0.4) is 0 Å². The number of nitrogens with one attached hydrogen (secondary N) is 2. The summed E-state index contributed by atoms with van der Waals surface area (Å²) in [4.78, 5) is 15.4. The van der Waals surface area contributed by atoms with Crippen LogP contribution in [0.5, 0.6) is 0 Å². The highest BCUT2D eigenvalue weighted by Gasteiger charge is 2.38. The zero-order chi connectivity index (χ0) is 27.9. The normalized spacial score (nSPS) is 16.6. The molecule has 1 atom stereocenters. The van der Waals surface area contributed by atoms with E-state index in [-0.39, 0.29) is 34.2 Å². The van der Waals surface area contributed by atoms with Gasteiger partial charge in [-0.25, -0.2) is 4.39 Å². The Morgan fingerprint density at radius 2 is 2.00 bits per heavy atom. The number of aryl methyl sites for hydroxylation is 1. The van der Waals surface area contributed by atoms with Crippen molar-refractivity contribution in [1.82, 2.24) is 20.0 Å². The largest absolute Gasteiger partial charge is 0.435 e. The lowest BCUT2D eigenvalue weighted by molar-refractivity contribution is -0.141. The Balaban J connectivity index is 1.53. The number of likely N-dealkylation sites (tertiary alicyclic amines) is 1. The highest BCUT2D eigenvalue weighted by atomic mass is 35.5. The van der Waals surface area contributed by atoms with Crippen molar-refractivity contribution < 1.29 is 22.4 Å². The number of nitrogens with zero attached hydrogens (tertiary/aromatic N) is 3. The van der Waals surface area contributed by atoms with Gasteiger partial charge in [0.2, 0.25) is 0 Å². The van der Waals surface area contributed by atoms with Gasteiger partial charge in [0, 0.05) is 43.4 Å².